The van der Waals surface area contributed by atoms with Crippen LogP contribution < -0.4 is 0 Å². The lowest BCUT2D eigenvalue weighted by Crippen LogP contribution is -2.50. The first-order valence-electron chi connectivity index (χ1n) is 6.51. The van der Waals surface area contributed by atoms with Crippen LogP contribution in [0.1, 0.15) is 47.0 Å². The lowest BCUT2D eigenvalue weighted by atomic mass is 9.85. The highest BCUT2D eigenvalue weighted by Gasteiger charge is 2.43. The number of hydrogen-bond acceptors (Lipinski definition) is 3. The van der Waals surface area contributed by atoms with Gasteiger partial charge in [0, 0.05) is 19.0 Å². The van der Waals surface area contributed by atoms with Gasteiger partial charge in [0.1, 0.15) is 0 Å². The summed E-state index contributed by atoms with van der Waals surface area (Å²) in [5, 5.41) is 4.30. The fourth-order valence-electron chi connectivity index (χ4n) is 2.65. The Morgan fingerprint density at radius 1 is 1.31 bits per heavy atom. The van der Waals surface area contributed by atoms with Gasteiger partial charge in [-0.05, 0) is 39.2 Å². The quantitative estimate of drug-likeness (QED) is 0.720. The Morgan fingerprint density at radius 2 is 2.06 bits per heavy atom. The van der Waals surface area contributed by atoms with Gasteiger partial charge in [-0.25, -0.2) is 0 Å². The van der Waals surface area contributed by atoms with Gasteiger partial charge in [0.25, 0.3) is 0 Å². The topological polar surface area (TPSA) is 24.8 Å². The predicted octanol–water partition coefficient (Wildman–Crippen LogP) is 2.66. The second-order valence-corrected chi connectivity index (χ2v) is 5.86. The van der Waals surface area contributed by atoms with Gasteiger partial charge in [0.05, 0.1) is 5.71 Å². The van der Waals surface area contributed by atoms with E-state index < -0.39 is 0 Å². The summed E-state index contributed by atoms with van der Waals surface area (Å²) in [4.78, 5) is 8.30. The molecule has 3 nitrogen and oxygen atoms in total. The van der Waals surface area contributed by atoms with Crippen LogP contribution in [0.25, 0.3) is 0 Å². The van der Waals surface area contributed by atoms with Crippen LogP contribution in [0.5, 0.6) is 0 Å². The Hall–Kier alpha value is -0.570. The van der Waals surface area contributed by atoms with Gasteiger partial charge in [-0.1, -0.05) is 19.0 Å². The molecule has 0 aliphatic carbocycles. The summed E-state index contributed by atoms with van der Waals surface area (Å²) >= 11 is 0. The number of piperidine rings is 1. The molecule has 0 amide bonds. The molecule has 1 unspecified atom stereocenters. The van der Waals surface area contributed by atoms with E-state index in [1.54, 1.807) is 0 Å². The summed E-state index contributed by atoms with van der Waals surface area (Å²) in [6.45, 7) is 11.2. The van der Waals surface area contributed by atoms with E-state index >= 15 is 0 Å². The Balaban J connectivity index is 2.00. The maximum absolute atomic E-state index is 5.78. The molecule has 3 heteroatoms. The van der Waals surface area contributed by atoms with Gasteiger partial charge < -0.3 is 4.84 Å². The van der Waals surface area contributed by atoms with Crippen LogP contribution in [0, 0.1) is 5.92 Å². The van der Waals surface area contributed by atoms with Crippen molar-refractivity contribution >= 4 is 5.71 Å². The van der Waals surface area contributed by atoms with E-state index in [1.165, 1.54) is 18.7 Å². The molecular weight excluding hydrogens is 200 g/mol. The molecule has 2 aliphatic heterocycles. The van der Waals surface area contributed by atoms with E-state index in [2.05, 4.69) is 37.8 Å². The number of hydrogen-bond donors (Lipinski definition) is 0. The second-order valence-electron chi connectivity index (χ2n) is 5.86. The SMILES string of the molecule is CC(C)C1=NOC2(CCCN(C(C)C)C2)C1. The number of oxime groups is 1. The lowest BCUT2D eigenvalue weighted by Gasteiger charge is -2.40. The normalized spacial score (nSPS) is 31.2. The van der Waals surface area contributed by atoms with Crippen molar-refractivity contribution in [2.24, 2.45) is 11.1 Å². The third-order valence-electron chi connectivity index (χ3n) is 3.83. The summed E-state index contributed by atoms with van der Waals surface area (Å²) in [7, 11) is 0. The van der Waals surface area contributed by atoms with Gasteiger partial charge in [0.2, 0.25) is 0 Å². The summed E-state index contributed by atoms with van der Waals surface area (Å²) < 4.78 is 0. The van der Waals surface area contributed by atoms with Crippen molar-refractivity contribution in [1.29, 1.82) is 0 Å². The van der Waals surface area contributed by atoms with Crippen molar-refractivity contribution in [3.8, 4) is 0 Å². The molecule has 1 spiro atoms. The Bertz CT molecular complexity index is 286. The first kappa shape index (κ1) is 11.9. The van der Waals surface area contributed by atoms with Crippen LogP contribution in [0.3, 0.4) is 0 Å². The monoisotopic (exact) mass is 224 g/mol. The average molecular weight is 224 g/mol. The first-order valence-corrected chi connectivity index (χ1v) is 6.51. The number of nitrogens with zero attached hydrogens (tertiary/aromatic N) is 2. The predicted molar refractivity (Wildman–Crippen MR) is 66.6 cm³/mol. The van der Waals surface area contributed by atoms with Crippen molar-refractivity contribution in [3.63, 3.8) is 0 Å². The molecule has 2 heterocycles. The Kier molecular flexibility index (Phi) is 3.24. The van der Waals surface area contributed by atoms with E-state index in [4.69, 9.17) is 4.84 Å². The summed E-state index contributed by atoms with van der Waals surface area (Å²) in [5.41, 5.74) is 1.24. The zero-order chi connectivity index (χ0) is 11.8. The molecule has 0 aromatic carbocycles. The highest BCUT2D eigenvalue weighted by Crippen LogP contribution is 2.35. The zero-order valence-electron chi connectivity index (χ0n) is 11.0. The summed E-state index contributed by atoms with van der Waals surface area (Å²) in [6.07, 6.45) is 3.43. The van der Waals surface area contributed by atoms with Crippen molar-refractivity contribution in [1.82, 2.24) is 4.90 Å². The minimum atomic E-state index is 0.00211. The van der Waals surface area contributed by atoms with E-state index in [-0.39, 0.29) is 5.60 Å². The van der Waals surface area contributed by atoms with Crippen molar-refractivity contribution in [2.45, 2.75) is 58.6 Å². The summed E-state index contributed by atoms with van der Waals surface area (Å²) in [5.74, 6) is 0.522. The third-order valence-corrected chi connectivity index (χ3v) is 3.83. The molecule has 0 saturated carbocycles. The van der Waals surface area contributed by atoms with Gasteiger partial charge in [-0.3, -0.25) is 4.90 Å². The highest BCUT2D eigenvalue weighted by atomic mass is 16.7. The van der Waals surface area contributed by atoms with Crippen molar-refractivity contribution < 1.29 is 4.84 Å². The Morgan fingerprint density at radius 3 is 2.62 bits per heavy atom. The molecule has 2 aliphatic rings. The van der Waals surface area contributed by atoms with E-state index in [1.807, 2.05) is 0 Å². The average Bonchev–Trinajstić information content (AvgIpc) is 2.62. The molecule has 2 rings (SSSR count). The summed E-state index contributed by atoms with van der Waals surface area (Å²) in [6, 6.07) is 0.615. The maximum Gasteiger partial charge on any atom is 0.155 e. The standard InChI is InChI=1S/C13H24N2O/c1-10(2)12-8-13(16-14-12)6-5-7-15(9-13)11(3)4/h10-11H,5-9H2,1-4H3. The second kappa shape index (κ2) is 4.36. The van der Waals surface area contributed by atoms with Gasteiger partial charge in [-0.15, -0.1) is 0 Å². The molecule has 0 N–H and O–H groups in total. The van der Waals surface area contributed by atoms with Crippen LogP contribution in [0.2, 0.25) is 0 Å². The van der Waals surface area contributed by atoms with Gasteiger partial charge in [-0.2, -0.15) is 0 Å². The molecule has 0 aromatic rings. The zero-order valence-corrected chi connectivity index (χ0v) is 11.0. The molecule has 92 valence electrons. The molecule has 0 aromatic heterocycles. The molecule has 1 fully saturated rings. The first-order chi connectivity index (χ1) is 7.52. The maximum atomic E-state index is 5.78. The molecule has 1 saturated heterocycles. The van der Waals surface area contributed by atoms with E-state index in [0.717, 1.165) is 19.4 Å². The van der Waals surface area contributed by atoms with Gasteiger partial charge in [0.15, 0.2) is 5.60 Å². The van der Waals surface area contributed by atoms with Crippen LogP contribution in [0.4, 0.5) is 0 Å². The largest absolute Gasteiger partial charge is 0.387 e. The molecule has 0 bridgehead atoms. The molecule has 0 radical (unpaired) electrons. The smallest absolute Gasteiger partial charge is 0.155 e. The van der Waals surface area contributed by atoms with Crippen LogP contribution in [-0.2, 0) is 4.84 Å². The van der Waals surface area contributed by atoms with Crippen LogP contribution in [-0.4, -0.2) is 35.3 Å². The highest BCUT2D eigenvalue weighted by molar-refractivity contribution is 5.87. The van der Waals surface area contributed by atoms with Crippen molar-refractivity contribution in [2.75, 3.05) is 13.1 Å². The van der Waals surface area contributed by atoms with E-state index in [9.17, 15) is 0 Å². The number of rotatable bonds is 2. The third kappa shape index (κ3) is 2.24. The lowest BCUT2D eigenvalue weighted by molar-refractivity contribution is -0.0748. The number of likely N-dealkylation sites (tertiary alicyclic amines) is 1. The fourth-order valence-corrected chi connectivity index (χ4v) is 2.65. The van der Waals surface area contributed by atoms with Gasteiger partial charge >= 0.3 is 0 Å². The van der Waals surface area contributed by atoms with Crippen LogP contribution >= 0.6 is 0 Å². The van der Waals surface area contributed by atoms with Crippen LogP contribution in [0.15, 0.2) is 5.16 Å². The molecular formula is C13H24N2O. The Labute approximate surface area is 98.8 Å². The minimum absolute atomic E-state index is 0.00211. The molecule has 16 heavy (non-hydrogen) atoms. The minimum Gasteiger partial charge on any atom is -0.387 e. The van der Waals surface area contributed by atoms with Crippen molar-refractivity contribution in [3.05, 3.63) is 0 Å². The van der Waals surface area contributed by atoms with E-state index in [0.29, 0.717) is 12.0 Å². The molecule has 1 atom stereocenters. The fraction of sp³-hybridized carbons (Fsp3) is 0.923.